The summed E-state index contributed by atoms with van der Waals surface area (Å²) in [5, 5.41) is 38.5. The Kier molecular flexibility index (Phi) is 7.15. The van der Waals surface area contributed by atoms with E-state index in [0.717, 1.165) is 12.8 Å². The number of unbranched alkanes of at least 4 members (excludes halogenated alkanes) is 1. The summed E-state index contributed by atoms with van der Waals surface area (Å²) < 4.78 is 15.9. The van der Waals surface area contributed by atoms with E-state index in [1.54, 1.807) is 0 Å². The third-order valence-corrected chi connectivity index (χ3v) is 3.89. The van der Waals surface area contributed by atoms with Crippen molar-refractivity contribution in [2.75, 3.05) is 6.61 Å². The number of carbonyl (C=O) groups is 1. The van der Waals surface area contributed by atoms with Crippen molar-refractivity contribution >= 4 is 5.97 Å². The topological polar surface area (TPSA) is 126 Å². The summed E-state index contributed by atoms with van der Waals surface area (Å²) in [6, 6.07) is 6.10. The van der Waals surface area contributed by atoms with Gasteiger partial charge in [0.25, 0.3) is 0 Å². The average molecular weight is 356 g/mol. The summed E-state index contributed by atoms with van der Waals surface area (Å²) in [6.07, 6.45) is -4.71. The molecular weight excluding hydrogens is 332 g/mol. The standard InChI is InChI=1S/C17H24O8/c1-2-3-4-13(19)23-10-5-7-11(8-6-10)24-17-16(22)15(21)14(20)12(9-18)25-17/h5-8,12,14-18,20-22H,2-4,9H2,1H3/t12-,14-,15+,16-,17-/m1/s1. The van der Waals surface area contributed by atoms with Gasteiger partial charge in [-0.25, -0.2) is 0 Å². The molecule has 140 valence electrons. The van der Waals surface area contributed by atoms with Crippen LogP contribution in [-0.2, 0) is 9.53 Å². The van der Waals surface area contributed by atoms with Crippen LogP contribution in [0.3, 0.4) is 0 Å². The number of carbonyl (C=O) groups excluding carboxylic acids is 1. The summed E-state index contributed by atoms with van der Waals surface area (Å²) in [6.45, 7) is 1.45. The highest BCUT2D eigenvalue weighted by Crippen LogP contribution is 2.25. The molecule has 1 saturated heterocycles. The van der Waals surface area contributed by atoms with Crippen LogP contribution < -0.4 is 9.47 Å². The highest BCUT2D eigenvalue weighted by molar-refractivity contribution is 5.72. The minimum atomic E-state index is -1.50. The van der Waals surface area contributed by atoms with E-state index in [1.807, 2.05) is 6.92 Å². The predicted molar refractivity (Wildman–Crippen MR) is 86.0 cm³/mol. The summed E-state index contributed by atoms with van der Waals surface area (Å²) in [4.78, 5) is 11.6. The molecule has 0 aromatic heterocycles. The number of ether oxygens (including phenoxy) is 3. The molecule has 0 amide bonds. The van der Waals surface area contributed by atoms with E-state index in [-0.39, 0.29) is 5.97 Å². The van der Waals surface area contributed by atoms with Crippen LogP contribution in [-0.4, -0.2) is 63.7 Å². The summed E-state index contributed by atoms with van der Waals surface area (Å²) in [7, 11) is 0. The number of esters is 1. The molecular formula is C17H24O8. The third kappa shape index (κ3) is 5.13. The predicted octanol–water partition coefficient (Wildman–Crippen LogP) is -0.0391. The fourth-order valence-electron chi connectivity index (χ4n) is 2.39. The van der Waals surface area contributed by atoms with Gasteiger partial charge in [0, 0.05) is 6.42 Å². The first-order valence-corrected chi connectivity index (χ1v) is 8.24. The summed E-state index contributed by atoms with van der Waals surface area (Å²) in [5.41, 5.74) is 0. The van der Waals surface area contributed by atoms with Gasteiger partial charge in [-0.15, -0.1) is 0 Å². The minimum absolute atomic E-state index is 0.303. The fourth-order valence-corrected chi connectivity index (χ4v) is 2.39. The molecule has 1 aromatic carbocycles. The Hall–Kier alpha value is -1.71. The molecule has 2 rings (SSSR count). The van der Waals surface area contributed by atoms with E-state index in [1.165, 1.54) is 24.3 Å². The van der Waals surface area contributed by atoms with Gasteiger partial charge in [0.05, 0.1) is 6.61 Å². The maximum absolute atomic E-state index is 11.6. The van der Waals surface area contributed by atoms with E-state index in [0.29, 0.717) is 17.9 Å². The molecule has 1 aromatic rings. The Morgan fingerprint density at radius 2 is 1.72 bits per heavy atom. The van der Waals surface area contributed by atoms with Crippen molar-refractivity contribution in [3.8, 4) is 11.5 Å². The molecule has 8 nitrogen and oxygen atoms in total. The van der Waals surface area contributed by atoms with Crippen LogP contribution in [0.25, 0.3) is 0 Å². The van der Waals surface area contributed by atoms with Gasteiger partial charge in [-0.05, 0) is 30.7 Å². The Morgan fingerprint density at radius 3 is 2.32 bits per heavy atom. The molecule has 1 aliphatic rings. The van der Waals surface area contributed by atoms with Crippen LogP contribution in [0.1, 0.15) is 26.2 Å². The lowest BCUT2D eigenvalue weighted by Crippen LogP contribution is -2.60. The second-order valence-corrected chi connectivity index (χ2v) is 5.86. The Balaban J connectivity index is 1.95. The normalized spacial score (nSPS) is 29.2. The number of hydrogen-bond donors (Lipinski definition) is 4. The van der Waals surface area contributed by atoms with Crippen molar-refractivity contribution in [1.82, 2.24) is 0 Å². The third-order valence-electron chi connectivity index (χ3n) is 3.89. The van der Waals surface area contributed by atoms with Crippen molar-refractivity contribution in [3.05, 3.63) is 24.3 Å². The van der Waals surface area contributed by atoms with Crippen molar-refractivity contribution in [1.29, 1.82) is 0 Å². The van der Waals surface area contributed by atoms with E-state index in [4.69, 9.17) is 19.3 Å². The highest BCUT2D eigenvalue weighted by atomic mass is 16.7. The molecule has 4 N–H and O–H groups in total. The number of hydrogen-bond acceptors (Lipinski definition) is 8. The molecule has 0 saturated carbocycles. The van der Waals surface area contributed by atoms with Crippen molar-refractivity contribution in [3.63, 3.8) is 0 Å². The van der Waals surface area contributed by atoms with Crippen LogP contribution >= 0.6 is 0 Å². The first-order chi connectivity index (χ1) is 12.0. The molecule has 0 unspecified atom stereocenters. The number of rotatable bonds is 7. The summed E-state index contributed by atoms with van der Waals surface area (Å²) >= 11 is 0. The molecule has 1 heterocycles. The second kappa shape index (κ2) is 9.12. The van der Waals surface area contributed by atoms with Gasteiger partial charge >= 0.3 is 5.97 Å². The van der Waals surface area contributed by atoms with Gasteiger partial charge < -0.3 is 34.6 Å². The smallest absolute Gasteiger partial charge is 0.311 e. The van der Waals surface area contributed by atoms with Crippen LogP contribution in [0.2, 0.25) is 0 Å². The quantitative estimate of drug-likeness (QED) is 0.396. The zero-order valence-corrected chi connectivity index (χ0v) is 13.9. The lowest BCUT2D eigenvalue weighted by atomic mass is 9.99. The van der Waals surface area contributed by atoms with Gasteiger partial charge in [-0.2, -0.15) is 0 Å². The van der Waals surface area contributed by atoms with Gasteiger partial charge in [-0.1, -0.05) is 13.3 Å². The lowest BCUT2D eigenvalue weighted by Gasteiger charge is -2.39. The molecule has 0 spiro atoms. The molecule has 0 radical (unpaired) electrons. The molecule has 1 aliphatic heterocycles. The molecule has 8 heteroatoms. The SMILES string of the molecule is CCCCC(=O)Oc1ccc(O[C@@H]2O[C@H](CO)[C@@H](O)[C@H](O)[C@H]2O)cc1. The number of aliphatic hydroxyl groups is 4. The first-order valence-electron chi connectivity index (χ1n) is 8.24. The van der Waals surface area contributed by atoms with Gasteiger partial charge in [0.2, 0.25) is 6.29 Å². The number of aliphatic hydroxyl groups excluding tert-OH is 4. The lowest BCUT2D eigenvalue weighted by molar-refractivity contribution is -0.277. The van der Waals surface area contributed by atoms with Gasteiger partial charge in [0.1, 0.15) is 35.9 Å². The van der Waals surface area contributed by atoms with E-state index < -0.39 is 37.3 Å². The maximum atomic E-state index is 11.6. The molecule has 0 bridgehead atoms. The minimum Gasteiger partial charge on any atom is -0.462 e. The van der Waals surface area contributed by atoms with Crippen molar-refractivity contribution in [2.24, 2.45) is 0 Å². The molecule has 0 aliphatic carbocycles. The zero-order chi connectivity index (χ0) is 18.4. The summed E-state index contributed by atoms with van der Waals surface area (Å²) in [5.74, 6) is 0.351. The fraction of sp³-hybridized carbons (Fsp3) is 0.588. The van der Waals surface area contributed by atoms with E-state index >= 15 is 0 Å². The Morgan fingerprint density at radius 1 is 1.08 bits per heavy atom. The first kappa shape index (κ1) is 19.6. The van der Waals surface area contributed by atoms with E-state index in [9.17, 15) is 20.1 Å². The molecule has 25 heavy (non-hydrogen) atoms. The van der Waals surface area contributed by atoms with Crippen LogP contribution in [0, 0.1) is 0 Å². The monoisotopic (exact) mass is 356 g/mol. The highest BCUT2D eigenvalue weighted by Gasteiger charge is 2.44. The van der Waals surface area contributed by atoms with Crippen molar-refractivity contribution < 1.29 is 39.4 Å². The Labute approximate surface area is 145 Å². The maximum Gasteiger partial charge on any atom is 0.311 e. The number of benzene rings is 1. The largest absolute Gasteiger partial charge is 0.462 e. The average Bonchev–Trinajstić information content (AvgIpc) is 2.62. The van der Waals surface area contributed by atoms with Gasteiger partial charge in [-0.3, -0.25) is 4.79 Å². The second-order valence-electron chi connectivity index (χ2n) is 5.86. The molecule has 1 fully saturated rings. The zero-order valence-electron chi connectivity index (χ0n) is 13.9. The van der Waals surface area contributed by atoms with Crippen molar-refractivity contribution in [2.45, 2.75) is 56.9 Å². The van der Waals surface area contributed by atoms with Gasteiger partial charge in [0.15, 0.2) is 0 Å². The van der Waals surface area contributed by atoms with Crippen LogP contribution in [0.15, 0.2) is 24.3 Å². The van der Waals surface area contributed by atoms with Crippen LogP contribution in [0.5, 0.6) is 11.5 Å². The molecule has 5 atom stereocenters. The van der Waals surface area contributed by atoms with E-state index in [2.05, 4.69) is 0 Å². The van der Waals surface area contributed by atoms with Crippen LogP contribution in [0.4, 0.5) is 0 Å². The Bertz CT molecular complexity index is 544.